The van der Waals surface area contributed by atoms with Gasteiger partial charge in [0.25, 0.3) is 11.6 Å². The number of anilines is 2. The molecule has 0 aliphatic carbocycles. The maximum atomic E-state index is 12.1. The Morgan fingerprint density at radius 1 is 1.29 bits per heavy atom. The summed E-state index contributed by atoms with van der Waals surface area (Å²) in [6.45, 7) is 1.61. The van der Waals surface area contributed by atoms with E-state index in [2.05, 4.69) is 21.2 Å². The van der Waals surface area contributed by atoms with E-state index in [9.17, 15) is 14.9 Å². The number of aryl methyl sites for hydroxylation is 1. The minimum Gasteiger partial charge on any atom is -0.398 e. The van der Waals surface area contributed by atoms with Crippen LogP contribution in [0.3, 0.4) is 0 Å². The Morgan fingerprint density at radius 2 is 2.00 bits per heavy atom. The topological polar surface area (TPSA) is 98.3 Å². The van der Waals surface area contributed by atoms with Crippen molar-refractivity contribution < 1.29 is 9.72 Å². The number of nitro groups is 1. The van der Waals surface area contributed by atoms with Gasteiger partial charge in [-0.25, -0.2) is 0 Å². The van der Waals surface area contributed by atoms with Gasteiger partial charge in [-0.05, 0) is 37.3 Å². The number of hydrogen-bond acceptors (Lipinski definition) is 4. The molecule has 0 aliphatic heterocycles. The molecule has 2 rings (SSSR count). The van der Waals surface area contributed by atoms with Crippen LogP contribution in [-0.4, -0.2) is 10.8 Å². The van der Waals surface area contributed by atoms with E-state index in [0.29, 0.717) is 22.5 Å². The monoisotopic (exact) mass is 349 g/mol. The third-order valence-electron chi connectivity index (χ3n) is 2.91. The molecule has 7 heteroatoms. The lowest BCUT2D eigenvalue weighted by Crippen LogP contribution is -2.14. The van der Waals surface area contributed by atoms with Gasteiger partial charge in [0.15, 0.2) is 0 Å². The third-order valence-corrected chi connectivity index (χ3v) is 3.40. The molecule has 0 spiro atoms. The predicted molar refractivity (Wildman–Crippen MR) is 84.3 cm³/mol. The summed E-state index contributed by atoms with van der Waals surface area (Å²) in [6, 6.07) is 9.34. The van der Waals surface area contributed by atoms with Crippen LogP contribution in [0.5, 0.6) is 0 Å². The van der Waals surface area contributed by atoms with E-state index in [1.54, 1.807) is 31.2 Å². The van der Waals surface area contributed by atoms with Crippen molar-refractivity contribution >= 4 is 38.9 Å². The fourth-order valence-corrected chi connectivity index (χ4v) is 2.26. The van der Waals surface area contributed by atoms with Gasteiger partial charge in [0.2, 0.25) is 0 Å². The van der Waals surface area contributed by atoms with Crippen molar-refractivity contribution in [3.8, 4) is 0 Å². The largest absolute Gasteiger partial charge is 0.398 e. The summed E-state index contributed by atoms with van der Waals surface area (Å²) in [6.07, 6.45) is 0. The van der Waals surface area contributed by atoms with Crippen LogP contribution in [0, 0.1) is 17.0 Å². The molecular weight excluding hydrogens is 338 g/mol. The molecule has 108 valence electrons. The molecule has 0 aliphatic rings. The number of nitrogen functional groups attached to an aromatic ring is 1. The summed E-state index contributed by atoms with van der Waals surface area (Å²) in [5, 5.41) is 13.4. The Balaban J connectivity index is 2.23. The highest BCUT2D eigenvalue weighted by molar-refractivity contribution is 9.10. The standard InChI is InChI=1S/C14H12BrN3O3/c1-8-6-10(3-5-13(8)18(20)21)17-14(19)11-4-2-9(15)7-12(11)16/h2-7H,16H2,1H3,(H,17,19). The predicted octanol–water partition coefficient (Wildman–Crippen LogP) is 3.50. The van der Waals surface area contributed by atoms with E-state index >= 15 is 0 Å². The molecule has 2 aromatic rings. The number of hydrogen-bond donors (Lipinski definition) is 2. The Kier molecular flexibility index (Phi) is 4.23. The number of carbonyl (C=O) groups is 1. The summed E-state index contributed by atoms with van der Waals surface area (Å²) in [7, 11) is 0. The third kappa shape index (κ3) is 3.38. The van der Waals surface area contributed by atoms with E-state index in [-0.39, 0.29) is 11.6 Å². The Labute approximate surface area is 129 Å². The highest BCUT2D eigenvalue weighted by Crippen LogP contribution is 2.23. The molecule has 2 aromatic carbocycles. The van der Waals surface area contributed by atoms with Crippen LogP contribution in [0.15, 0.2) is 40.9 Å². The van der Waals surface area contributed by atoms with Gasteiger partial charge in [0, 0.05) is 27.5 Å². The average Bonchev–Trinajstić information content (AvgIpc) is 2.37. The van der Waals surface area contributed by atoms with Crippen LogP contribution in [-0.2, 0) is 0 Å². The van der Waals surface area contributed by atoms with Crippen molar-refractivity contribution in [3.63, 3.8) is 0 Å². The SMILES string of the molecule is Cc1cc(NC(=O)c2ccc(Br)cc2N)ccc1[N+](=O)[O-]. The van der Waals surface area contributed by atoms with Gasteiger partial charge >= 0.3 is 0 Å². The number of carbonyl (C=O) groups excluding carboxylic acids is 1. The van der Waals surface area contributed by atoms with Crippen LogP contribution in [0.1, 0.15) is 15.9 Å². The molecule has 0 bridgehead atoms. The first-order chi connectivity index (χ1) is 9.88. The number of amides is 1. The summed E-state index contributed by atoms with van der Waals surface area (Å²) < 4.78 is 0.780. The zero-order valence-electron chi connectivity index (χ0n) is 11.1. The highest BCUT2D eigenvalue weighted by atomic mass is 79.9. The maximum Gasteiger partial charge on any atom is 0.272 e. The molecule has 0 saturated carbocycles. The number of nitro benzene ring substituents is 1. The molecule has 1 amide bonds. The zero-order chi connectivity index (χ0) is 15.6. The molecule has 3 N–H and O–H groups in total. The number of benzene rings is 2. The van der Waals surface area contributed by atoms with Crippen molar-refractivity contribution in [2.75, 3.05) is 11.1 Å². The minimum absolute atomic E-state index is 0.0103. The lowest BCUT2D eigenvalue weighted by molar-refractivity contribution is -0.385. The second-order valence-corrected chi connectivity index (χ2v) is 5.36. The van der Waals surface area contributed by atoms with E-state index in [1.807, 2.05) is 0 Å². The van der Waals surface area contributed by atoms with Gasteiger partial charge < -0.3 is 11.1 Å². The molecule has 0 saturated heterocycles. The van der Waals surface area contributed by atoms with E-state index in [1.165, 1.54) is 12.1 Å². The second-order valence-electron chi connectivity index (χ2n) is 4.44. The summed E-state index contributed by atoms with van der Waals surface area (Å²) in [5.41, 5.74) is 7.44. The summed E-state index contributed by atoms with van der Waals surface area (Å²) in [4.78, 5) is 22.4. The minimum atomic E-state index is -0.465. The molecule has 0 radical (unpaired) electrons. The average molecular weight is 350 g/mol. The van der Waals surface area contributed by atoms with Gasteiger partial charge in [-0.1, -0.05) is 15.9 Å². The lowest BCUT2D eigenvalue weighted by Gasteiger charge is -2.08. The number of nitrogens with one attached hydrogen (secondary N) is 1. The fourth-order valence-electron chi connectivity index (χ4n) is 1.88. The quantitative estimate of drug-likeness (QED) is 0.503. The molecule has 0 aromatic heterocycles. The van der Waals surface area contributed by atoms with Crippen molar-refractivity contribution in [3.05, 3.63) is 62.1 Å². The highest BCUT2D eigenvalue weighted by Gasteiger charge is 2.13. The van der Waals surface area contributed by atoms with Gasteiger partial charge in [-0.3, -0.25) is 14.9 Å². The zero-order valence-corrected chi connectivity index (χ0v) is 12.7. The molecule has 21 heavy (non-hydrogen) atoms. The number of rotatable bonds is 3. The van der Waals surface area contributed by atoms with Crippen LogP contribution in [0.25, 0.3) is 0 Å². The molecule has 0 fully saturated rings. The van der Waals surface area contributed by atoms with Crippen LogP contribution in [0.4, 0.5) is 17.1 Å². The van der Waals surface area contributed by atoms with Crippen molar-refractivity contribution in [2.24, 2.45) is 0 Å². The summed E-state index contributed by atoms with van der Waals surface area (Å²) in [5.74, 6) is -0.367. The Hall–Kier alpha value is -2.41. The normalized spacial score (nSPS) is 10.2. The van der Waals surface area contributed by atoms with Gasteiger partial charge in [-0.2, -0.15) is 0 Å². The van der Waals surface area contributed by atoms with Gasteiger partial charge in [0.05, 0.1) is 10.5 Å². The van der Waals surface area contributed by atoms with Crippen LogP contribution >= 0.6 is 15.9 Å². The van der Waals surface area contributed by atoms with E-state index < -0.39 is 4.92 Å². The molecule has 0 atom stereocenters. The van der Waals surface area contributed by atoms with Crippen LogP contribution in [0.2, 0.25) is 0 Å². The molecule has 6 nitrogen and oxygen atoms in total. The first kappa shape index (κ1) is 15.0. The molecule has 0 heterocycles. The first-order valence-corrected chi connectivity index (χ1v) is 6.79. The van der Waals surface area contributed by atoms with Crippen LogP contribution < -0.4 is 11.1 Å². The van der Waals surface area contributed by atoms with E-state index in [0.717, 1.165) is 4.47 Å². The fraction of sp³-hybridized carbons (Fsp3) is 0.0714. The maximum absolute atomic E-state index is 12.1. The lowest BCUT2D eigenvalue weighted by atomic mass is 10.1. The van der Waals surface area contributed by atoms with Crippen molar-refractivity contribution in [2.45, 2.75) is 6.92 Å². The smallest absolute Gasteiger partial charge is 0.272 e. The number of halogens is 1. The van der Waals surface area contributed by atoms with Gasteiger partial charge in [0.1, 0.15) is 0 Å². The molecular formula is C14H12BrN3O3. The Morgan fingerprint density at radius 3 is 2.57 bits per heavy atom. The summed E-state index contributed by atoms with van der Waals surface area (Å²) >= 11 is 3.27. The first-order valence-electron chi connectivity index (χ1n) is 6.00. The van der Waals surface area contributed by atoms with Crippen molar-refractivity contribution in [1.29, 1.82) is 0 Å². The van der Waals surface area contributed by atoms with Crippen molar-refractivity contribution in [1.82, 2.24) is 0 Å². The second kappa shape index (κ2) is 5.92. The van der Waals surface area contributed by atoms with E-state index in [4.69, 9.17) is 5.73 Å². The number of nitrogens with two attached hydrogens (primary N) is 1. The van der Waals surface area contributed by atoms with Gasteiger partial charge in [-0.15, -0.1) is 0 Å². The Bertz CT molecular complexity index is 731. The molecule has 0 unspecified atom stereocenters. The number of nitrogens with zero attached hydrogens (tertiary/aromatic N) is 1.